The number of amides is 1. The summed E-state index contributed by atoms with van der Waals surface area (Å²) in [5, 5.41) is 6.29. The summed E-state index contributed by atoms with van der Waals surface area (Å²) in [6, 6.07) is -0.123. The number of hydrogen-bond donors (Lipinski definition) is 2. The van der Waals surface area contributed by atoms with Gasteiger partial charge in [0.1, 0.15) is 0 Å². The van der Waals surface area contributed by atoms with Crippen LogP contribution in [0, 0.1) is 5.92 Å². The third kappa shape index (κ3) is 6.83. The summed E-state index contributed by atoms with van der Waals surface area (Å²) in [7, 11) is 0. The van der Waals surface area contributed by atoms with Crippen molar-refractivity contribution in [3.63, 3.8) is 0 Å². The molecule has 3 heteroatoms. The highest BCUT2D eigenvalue weighted by Crippen LogP contribution is 2.08. The molecule has 0 aromatic rings. The Morgan fingerprint density at radius 1 is 1.25 bits per heavy atom. The van der Waals surface area contributed by atoms with Crippen LogP contribution in [0.5, 0.6) is 0 Å². The van der Waals surface area contributed by atoms with Crippen LogP contribution >= 0.6 is 0 Å². The lowest BCUT2D eigenvalue weighted by molar-refractivity contribution is -0.123. The van der Waals surface area contributed by atoms with Crippen LogP contribution in [-0.2, 0) is 4.79 Å². The zero-order chi connectivity index (χ0) is 12.8. The van der Waals surface area contributed by atoms with Gasteiger partial charge in [0.2, 0.25) is 5.91 Å². The number of nitrogens with one attached hydrogen (secondary N) is 2. The van der Waals surface area contributed by atoms with Crippen LogP contribution in [0.1, 0.15) is 54.4 Å². The van der Waals surface area contributed by atoms with Crippen LogP contribution in [0.25, 0.3) is 0 Å². The standard InChI is InChI=1S/C13H28N2O/c1-7-13(5,6)15-11(4)12(16)14-9-8-10(2)3/h10-11,15H,7-9H2,1-6H3,(H,14,16). The minimum absolute atomic E-state index is 0.0226. The molecule has 0 heterocycles. The topological polar surface area (TPSA) is 41.1 Å². The third-order valence-electron chi connectivity index (χ3n) is 2.91. The van der Waals surface area contributed by atoms with E-state index < -0.39 is 0 Å². The summed E-state index contributed by atoms with van der Waals surface area (Å²) in [6.45, 7) is 13.4. The molecule has 96 valence electrons. The highest BCUT2D eigenvalue weighted by atomic mass is 16.2. The monoisotopic (exact) mass is 228 g/mol. The van der Waals surface area contributed by atoms with E-state index in [0.717, 1.165) is 19.4 Å². The Balaban J connectivity index is 3.91. The molecule has 0 spiro atoms. The van der Waals surface area contributed by atoms with Crippen molar-refractivity contribution < 1.29 is 4.79 Å². The summed E-state index contributed by atoms with van der Waals surface area (Å²) in [5.41, 5.74) is 0.0226. The summed E-state index contributed by atoms with van der Waals surface area (Å²) < 4.78 is 0. The highest BCUT2D eigenvalue weighted by molar-refractivity contribution is 5.81. The second-order valence-electron chi connectivity index (χ2n) is 5.58. The third-order valence-corrected chi connectivity index (χ3v) is 2.91. The lowest BCUT2D eigenvalue weighted by Gasteiger charge is -2.28. The molecule has 1 atom stereocenters. The molecule has 0 rings (SSSR count). The van der Waals surface area contributed by atoms with E-state index in [4.69, 9.17) is 0 Å². The van der Waals surface area contributed by atoms with E-state index in [2.05, 4.69) is 45.3 Å². The van der Waals surface area contributed by atoms with Crippen molar-refractivity contribution in [2.45, 2.75) is 66.0 Å². The average molecular weight is 228 g/mol. The van der Waals surface area contributed by atoms with Gasteiger partial charge < -0.3 is 10.6 Å². The number of carbonyl (C=O) groups excluding carboxylic acids is 1. The predicted molar refractivity (Wildman–Crippen MR) is 69.4 cm³/mol. The fourth-order valence-electron chi connectivity index (χ4n) is 1.39. The molecule has 0 saturated heterocycles. The van der Waals surface area contributed by atoms with Crippen LogP contribution < -0.4 is 10.6 Å². The van der Waals surface area contributed by atoms with Gasteiger partial charge in [-0.15, -0.1) is 0 Å². The van der Waals surface area contributed by atoms with E-state index in [1.165, 1.54) is 0 Å². The van der Waals surface area contributed by atoms with Gasteiger partial charge in [0.05, 0.1) is 6.04 Å². The Morgan fingerprint density at radius 2 is 1.81 bits per heavy atom. The van der Waals surface area contributed by atoms with Gasteiger partial charge in [-0.05, 0) is 39.5 Å². The Kier molecular flexibility index (Phi) is 6.65. The van der Waals surface area contributed by atoms with E-state index in [-0.39, 0.29) is 17.5 Å². The lowest BCUT2D eigenvalue weighted by atomic mass is 10.0. The van der Waals surface area contributed by atoms with Crippen LogP contribution in [-0.4, -0.2) is 24.0 Å². The molecule has 0 aromatic heterocycles. The molecule has 0 aromatic carbocycles. The van der Waals surface area contributed by atoms with Crippen LogP contribution in [0.4, 0.5) is 0 Å². The molecule has 16 heavy (non-hydrogen) atoms. The first kappa shape index (κ1) is 15.4. The van der Waals surface area contributed by atoms with E-state index in [0.29, 0.717) is 5.92 Å². The van der Waals surface area contributed by atoms with Crippen molar-refractivity contribution in [3.8, 4) is 0 Å². The molecular weight excluding hydrogens is 200 g/mol. The van der Waals surface area contributed by atoms with Crippen LogP contribution in [0.2, 0.25) is 0 Å². The molecule has 1 amide bonds. The Morgan fingerprint density at radius 3 is 2.25 bits per heavy atom. The van der Waals surface area contributed by atoms with Gasteiger partial charge in [-0.25, -0.2) is 0 Å². The van der Waals surface area contributed by atoms with E-state index in [1.54, 1.807) is 0 Å². The summed E-state index contributed by atoms with van der Waals surface area (Å²) in [6.07, 6.45) is 2.05. The van der Waals surface area contributed by atoms with Gasteiger partial charge in [0, 0.05) is 12.1 Å². The second kappa shape index (κ2) is 6.89. The maximum atomic E-state index is 11.7. The number of carbonyl (C=O) groups is 1. The Hall–Kier alpha value is -0.570. The maximum Gasteiger partial charge on any atom is 0.236 e. The van der Waals surface area contributed by atoms with E-state index in [9.17, 15) is 4.79 Å². The maximum absolute atomic E-state index is 11.7. The fraction of sp³-hybridized carbons (Fsp3) is 0.923. The first-order chi connectivity index (χ1) is 7.28. The quantitative estimate of drug-likeness (QED) is 0.702. The smallest absolute Gasteiger partial charge is 0.236 e. The number of rotatable bonds is 7. The SMILES string of the molecule is CCC(C)(C)NC(C)C(=O)NCCC(C)C. The second-order valence-corrected chi connectivity index (χ2v) is 5.58. The van der Waals surface area contributed by atoms with E-state index in [1.807, 2.05) is 6.92 Å². The minimum Gasteiger partial charge on any atom is -0.355 e. The Bertz CT molecular complexity index is 212. The molecule has 0 bridgehead atoms. The molecule has 0 aliphatic heterocycles. The molecule has 0 radical (unpaired) electrons. The van der Waals surface area contributed by atoms with Crippen molar-refractivity contribution in [1.82, 2.24) is 10.6 Å². The molecule has 0 aliphatic carbocycles. The van der Waals surface area contributed by atoms with Gasteiger partial charge in [-0.2, -0.15) is 0 Å². The summed E-state index contributed by atoms with van der Waals surface area (Å²) >= 11 is 0. The molecular formula is C13H28N2O. The van der Waals surface area contributed by atoms with Crippen LogP contribution in [0.3, 0.4) is 0 Å². The fourth-order valence-corrected chi connectivity index (χ4v) is 1.39. The molecule has 0 fully saturated rings. The summed E-state index contributed by atoms with van der Waals surface area (Å²) in [5.74, 6) is 0.734. The van der Waals surface area contributed by atoms with Gasteiger partial charge in [0.15, 0.2) is 0 Å². The van der Waals surface area contributed by atoms with Gasteiger partial charge in [-0.3, -0.25) is 4.79 Å². The molecule has 0 saturated carbocycles. The van der Waals surface area contributed by atoms with Crippen molar-refractivity contribution in [2.75, 3.05) is 6.54 Å². The summed E-state index contributed by atoms with van der Waals surface area (Å²) in [4.78, 5) is 11.7. The number of hydrogen-bond acceptors (Lipinski definition) is 2. The lowest BCUT2D eigenvalue weighted by Crippen LogP contribution is -2.51. The first-order valence-electron chi connectivity index (χ1n) is 6.34. The van der Waals surface area contributed by atoms with Crippen molar-refractivity contribution in [3.05, 3.63) is 0 Å². The van der Waals surface area contributed by atoms with Crippen molar-refractivity contribution >= 4 is 5.91 Å². The Labute approximate surface area is 100 Å². The molecule has 1 unspecified atom stereocenters. The van der Waals surface area contributed by atoms with Crippen LogP contribution in [0.15, 0.2) is 0 Å². The first-order valence-corrected chi connectivity index (χ1v) is 6.34. The molecule has 2 N–H and O–H groups in total. The predicted octanol–water partition coefficient (Wildman–Crippen LogP) is 2.32. The highest BCUT2D eigenvalue weighted by Gasteiger charge is 2.21. The van der Waals surface area contributed by atoms with E-state index >= 15 is 0 Å². The average Bonchev–Trinajstić information content (AvgIpc) is 2.16. The van der Waals surface area contributed by atoms with Crippen molar-refractivity contribution in [2.24, 2.45) is 5.92 Å². The van der Waals surface area contributed by atoms with Gasteiger partial charge in [0.25, 0.3) is 0 Å². The minimum atomic E-state index is -0.123. The normalized spacial score (nSPS) is 13.9. The zero-order valence-electron chi connectivity index (χ0n) is 11.7. The molecule has 3 nitrogen and oxygen atoms in total. The largest absolute Gasteiger partial charge is 0.355 e. The van der Waals surface area contributed by atoms with Crippen molar-refractivity contribution in [1.29, 1.82) is 0 Å². The van der Waals surface area contributed by atoms with Gasteiger partial charge >= 0.3 is 0 Å². The molecule has 0 aliphatic rings. The van der Waals surface area contributed by atoms with Gasteiger partial charge in [-0.1, -0.05) is 20.8 Å². The zero-order valence-corrected chi connectivity index (χ0v) is 11.7.